The number of ether oxygens (including phenoxy) is 1. The van der Waals surface area contributed by atoms with Gasteiger partial charge in [-0.15, -0.1) is 0 Å². The molecule has 2 heterocycles. The van der Waals surface area contributed by atoms with Gasteiger partial charge >= 0.3 is 0 Å². The third kappa shape index (κ3) is 3.51. The number of nitrogens with one attached hydrogen (secondary N) is 1. The van der Waals surface area contributed by atoms with E-state index in [0.29, 0.717) is 24.7 Å². The van der Waals surface area contributed by atoms with Gasteiger partial charge in [-0.2, -0.15) is 0 Å². The average Bonchev–Trinajstić information content (AvgIpc) is 2.47. The van der Waals surface area contributed by atoms with E-state index in [4.69, 9.17) is 4.74 Å². The number of nitrogens with zero attached hydrogens (tertiary/aromatic N) is 2. The molecule has 5 nitrogen and oxygen atoms in total. The molecule has 0 aromatic carbocycles. The van der Waals surface area contributed by atoms with Crippen molar-refractivity contribution in [2.45, 2.75) is 13.5 Å². The number of rotatable bonds is 5. The van der Waals surface area contributed by atoms with Gasteiger partial charge < -0.3 is 10.1 Å². The maximum absolute atomic E-state index is 11.9. The van der Waals surface area contributed by atoms with Crippen molar-refractivity contribution in [3.8, 4) is 5.88 Å². The topological polar surface area (TPSA) is 64.1 Å². The van der Waals surface area contributed by atoms with Crippen LogP contribution in [0.4, 0.5) is 0 Å². The SMILES string of the molecule is CCOc1ncccc1CNC(=O)c1ccccn1. The van der Waals surface area contributed by atoms with Crippen molar-refractivity contribution in [3.63, 3.8) is 0 Å². The highest BCUT2D eigenvalue weighted by Crippen LogP contribution is 2.13. The fraction of sp³-hybridized carbons (Fsp3) is 0.214. The predicted octanol–water partition coefficient (Wildman–Crippen LogP) is 1.81. The molecule has 1 N–H and O–H groups in total. The van der Waals surface area contributed by atoms with Crippen molar-refractivity contribution in [3.05, 3.63) is 54.0 Å². The Balaban J connectivity index is 2.01. The lowest BCUT2D eigenvalue weighted by atomic mass is 10.2. The summed E-state index contributed by atoms with van der Waals surface area (Å²) in [5.74, 6) is 0.332. The number of carbonyl (C=O) groups is 1. The van der Waals surface area contributed by atoms with Crippen molar-refractivity contribution in [1.82, 2.24) is 15.3 Å². The Morgan fingerprint density at radius 1 is 1.21 bits per heavy atom. The van der Waals surface area contributed by atoms with E-state index in [-0.39, 0.29) is 5.91 Å². The molecular formula is C14H15N3O2. The molecule has 0 saturated carbocycles. The van der Waals surface area contributed by atoms with Gasteiger partial charge in [-0.1, -0.05) is 12.1 Å². The maximum Gasteiger partial charge on any atom is 0.270 e. The molecule has 0 aliphatic heterocycles. The van der Waals surface area contributed by atoms with E-state index in [9.17, 15) is 4.79 Å². The second-order valence-electron chi connectivity index (χ2n) is 3.80. The molecule has 0 radical (unpaired) electrons. The van der Waals surface area contributed by atoms with Gasteiger partial charge in [0.2, 0.25) is 5.88 Å². The highest BCUT2D eigenvalue weighted by molar-refractivity contribution is 5.92. The number of aromatic nitrogens is 2. The monoisotopic (exact) mass is 257 g/mol. The molecule has 2 rings (SSSR count). The van der Waals surface area contributed by atoms with E-state index in [1.807, 2.05) is 19.1 Å². The van der Waals surface area contributed by atoms with Crippen LogP contribution in [-0.2, 0) is 6.54 Å². The molecule has 1 amide bonds. The van der Waals surface area contributed by atoms with Crippen molar-refractivity contribution in [1.29, 1.82) is 0 Å². The fourth-order valence-electron chi connectivity index (χ4n) is 1.59. The van der Waals surface area contributed by atoms with Gasteiger partial charge in [-0.05, 0) is 25.1 Å². The molecule has 0 aliphatic carbocycles. The van der Waals surface area contributed by atoms with Crippen LogP contribution in [0, 0.1) is 0 Å². The molecule has 19 heavy (non-hydrogen) atoms. The average molecular weight is 257 g/mol. The summed E-state index contributed by atoms with van der Waals surface area (Å²) < 4.78 is 5.40. The Hall–Kier alpha value is -2.43. The molecule has 5 heteroatoms. The second kappa shape index (κ2) is 6.49. The van der Waals surface area contributed by atoms with Crippen LogP contribution in [0.3, 0.4) is 0 Å². The summed E-state index contributed by atoms with van der Waals surface area (Å²) in [5, 5.41) is 2.79. The second-order valence-corrected chi connectivity index (χ2v) is 3.80. The van der Waals surface area contributed by atoms with Gasteiger partial charge in [0, 0.05) is 24.5 Å². The van der Waals surface area contributed by atoms with E-state index in [2.05, 4.69) is 15.3 Å². The summed E-state index contributed by atoms with van der Waals surface area (Å²) >= 11 is 0. The summed E-state index contributed by atoms with van der Waals surface area (Å²) in [4.78, 5) is 20.0. The Labute approximate surface area is 111 Å². The molecule has 98 valence electrons. The zero-order valence-electron chi connectivity index (χ0n) is 10.7. The van der Waals surface area contributed by atoms with E-state index < -0.39 is 0 Å². The van der Waals surface area contributed by atoms with Crippen LogP contribution in [-0.4, -0.2) is 22.5 Å². The van der Waals surface area contributed by atoms with Gasteiger partial charge in [0.15, 0.2) is 0 Å². The summed E-state index contributed by atoms with van der Waals surface area (Å²) in [6.45, 7) is 2.79. The Morgan fingerprint density at radius 2 is 2.05 bits per heavy atom. The lowest BCUT2D eigenvalue weighted by molar-refractivity contribution is 0.0945. The van der Waals surface area contributed by atoms with E-state index in [1.165, 1.54) is 0 Å². The van der Waals surface area contributed by atoms with E-state index in [0.717, 1.165) is 5.56 Å². The lowest BCUT2D eigenvalue weighted by Crippen LogP contribution is -2.24. The Bertz CT molecular complexity index is 543. The molecule has 0 aliphatic rings. The highest BCUT2D eigenvalue weighted by Gasteiger charge is 2.08. The molecule has 0 saturated heterocycles. The van der Waals surface area contributed by atoms with Crippen LogP contribution in [0.15, 0.2) is 42.7 Å². The number of carbonyl (C=O) groups excluding carboxylic acids is 1. The number of amides is 1. The van der Waals surface area contributed by atoms with Gasteiger partial charge in [0.1, 0.15) is 5.69 Å². The third-order valence-electron chi connectivity index (χ3n) is 2.47. The first-order valence-electron chi connectivity index (χ1n) is 6.07. The molecular weight excluding hydrogens is 242 g/mol. The molecule has 0 atom stereocenters. The standard InChI is InChI=1S/C14H15N3O2/c1-2-19-14-11(6-5-9-16-14)10-17-13(18)12-7-3-4-8-15-12/h3-9H,2,10H2,1H3,(H,17,18). The number of pyridine rings is 2. The fourth-order valence-corrected chi connectivity index (χ4v) is 1.59. The largest absolute Gasteiger partial charge is 0.478 e. The minimum atomic E-state index is -0.216. The van der Waals surface area contributed by atoms with Crippen LogP contribution in [0.25, 0.3) is 0 Å². The smallest absolute Gasteiger partial charge is 0.270 e. The minimum absolute atomic E-state index is 0.216. The Kier molecular flexibility index (Phi) is 4.44. The van der Waals surface area contributed by atoms with Crippen molar-refractivity contribution < 1.29 is 9.53 Å². The Morgan fingerprint density at radius 3 is 2.79 bits per heavy atom. The molecule has 0 bridgehead atoms. The van der Waals surface area contributed by atoms with Gasteiger partial charge in [0.05, 0.1) is 6.61 Å². The van der Waals surface area contributed by atoms with Crippen molar-refractivity contribution in [2.75, 3.05) is 6.61 Å². The normalized spacial score (nSPS) is 9.95. The first-order chi connectivity index (χ1) is 9.31. The molecule has 0 unspecified atom stereocenters. The molecule has 2 aromatic heterocycles. The summed E-state index contributed by atoms with van der Waals surface area (Å²) in [5.41, 5.74) is 1.23. The zero-order chi connectivity index (χ0) is 13.5. The lowest BCUT2D eigenvalue weighted by Gasteiger charge is -2.09. The van der Waals surface area contributed by atoms with Crippen LogP contribution < -0.4 is 10.1 Å². The van der Waals surface area contributed by atoms with Crippen LogP contribution >= 0.6 is 0 Å². The zero-order valence-corrected chi connectivity index (χ0v) is 10.7. The number of hydrogen-bond donors (Lipinski definition) is 1. The minimum Gasteiger partial charge on any atom is -0.478 e. The summed E-state index contributed by atoms with van der Waals surface area (Å²) in [7, 11) is 0. The highest BCUT2D eigenvalue weighted by atomic mass is 16.5. The van der Waals surface area contributed by atoms with Crippen LogP contribution in [0.5, 0.6) is 5.88 Å². The molecule has 2 aromatic rings. The maximum atomic E-state index is 11.9. The third-order valence-corrected chi connectivity index (χ3v) is 2.47. The molecule has 0 spiro atoms. The van der Waals surface area contributed by atoms with Crippen LogP contribution in [0.2, 0.25) is 0 Å². The van der Waals surface area contributed by atoms with Crippen LogP contribution in [0.1, 0.15) is 23.0 Å². The predicted molar refractivity (Wildman–Crippen MR) is 70.8 cm³/mol. The molecule has 0 fully saturated rings. The number of hydrogen-bond acceptors (Lipinski definition) is 4. The quantitative estimate of drug-likeness (QED) is 0.887. The van der Waals surface area contributed by atoms with Gasteiger partial charge in [-0.3, -0.25) is 9.78 Å². The first-order valence-corrected chi connectivity index (χ1v) is 6.07. The summed E-state index contributed by atoms with van der Waals surface area (Å²) in [6, 6.07) is 8.90. The van der Waals surface area contributed by atoms with Crippen molar-refractivity contribution >= 4 is 5.91 Å². The first kappa shape index (κ1) is 13.0. The van der Waals surface area contributed by atoms with E-state index >= 15 is 0 Å². The van der Waals surface area contributed by atoms with Gasteiger partial charge in [0.25, 0.3) is 5.91 Å². The van der Waals surface area contributed by atoms with Gasteiger partial charge in [-0.25, -0.2) is 4.98 Å². The van der Waals surface area contributed by atoms with E-state index in [1.54, 1.807) is 30.6 Å². The van der Waals surface area contributed by atoms with Crippen molar-refractivity contribution in [2.24, 2.45) is 0 Å². The summed E-state index contributed by atoms with van der Waals surface area (Å²) in [6.07, 6.45) is 3.25.